The van der Waals surface area contributed by atoms with Crippen molar-refractivity contribution in [1.29, 1.82) is 0 Å². The zero-order valence-electron chi connectivity index (χ0n) is 18.0. The highest BCUT2D eigenvalue weighted by Gasteiger charge is 2.24. The van der Waals surface area contributed by atoms with Crippen LogP contribution in [0.3, 0.4) is 0 Å². The largest absolute Gasteiger partial charge is 0.493 e. The second-order valence-electron chi connectivity index (χ2n) is 7.21. The number of methoxy groups -OCH3 is 2. The molecule has 1 N–H and O–H groups in total. The molecule has 8 heteroatoms. The van der Waals surface area contributed by atoms with Crippen LogP contribution in [-0.2, 0) is 6.42 Å². The van der Waals surface area contributed by atoms with Gasteiger partial charge in [0.2, 0.25) is 0 Å². The molecule has 0 radical (unpaired) electrons. The van der Waals surface area contributed by atoms with Crippen molar-refractivity contribution in [3.63, 3.8) is 0 Å². The molecule has 2 heterocycles. The standard InChI is InChI=1S/C23H26N4O3S/c1-4-24-22(17-8-10-20(29-2)21(13-17)30-3)27-11-5-6-16-12-15(7-9-19(16)27)18-14-31-23(28)26-25-18/h7-10,12-13H,4-6,11,14H2,1-3H3,(H,26,28). The number of anilines is 1. The molecule has 0 aliphatic carbocycles. The summed E-state index contributed by atoms with van der Waals surface area (Å²) in [5, 5.41) is 4.12. The minimum Gasteiger partial charge on any atom is -0.493 e. The summed E-state index contributed by atoms with van der Waals surface area (Å²) in [6, 6.07) is 12.3. The Morgan fingerprint density at radius 1 is 1.19 bits per heavy atom. The number of aliphatic imine (C=N–C) groups is 1. The summed E-state index contributed by atoms with van der Waals surface area (Å²) in [5.41, 5.74) is 7.91. The first kappa shape index (κ1) is 21.2. The number of carbonyl (C=O) groups is 1. The van der Waals surface area contributed by atoms with Gasteiger partial charge in [0.25, 0.3) is 5.24 Å². The van der Waals surface area contributed by atoms with Gasteiger partial charge in [-0.3, -0.25) is 9.79 Å². The predicted molar refractivity (Wildman–Crippen MR) is 126 cm³/mol. The van der Waals surface area contributed by atoms with Crippen molar-refractivity contribution in [2.45, 2.75) is 19.8 Å². The van der Waals surface area contributed by atoms with E-state index in [1.807, 2.05) is 25.1 Å². The summed E-state index contributed by atoms with van der Waals surface area (Å²) in [7, 11) is 3.28. The Bertz CT molecular complexity index is 1050. The maximum Gasteiger partial charge on any atom is 0.299 e. The number of hydrazone groups is 1. The molecule has 0 saturated carbocycles. The maximum absolute atomic E-state index is 11.4. The van der Waals surface area contributed by atoms with Crippen LogP contribution in [0.5, 0.6) is 11.5 Å². The average Bonchev–Trinajstić information content (AvgIpc) is 2.82. The van der Waals surface area contributed by atoms with Crippen LogP contribution in [0, 0.1) is 0 Å². The van der Waals surface area contributed by atoms with Crippen LogP contribution < -0.4 is 19.8 Å². The van der Waals surface area contributed by atoms with Gasteiger partial charge in [0.1, 0.15) is 5.84 Å². The van der Waals surface area contributed by atoms with Crippen LogP contribution >= 0.6 is 11.8 Å². The van der Waals surface area contributed by atoms with Crippen molar-refractivity contribution in [2.24, 2.45) is 10.1 Å². The Hall–Kier alpha value is -3.00. The SMILES string of the molecule is CCN=C(c1ccc(OC)c(OC)c1)N1CCCc2cc(C3=NNC(=O)SC3)ccc21. The van der Waals surface area contributed by atoms with Crippen LogP contribution in [0.4, 0.5) is 10.5 Å². The average molecular weight is 439 g/mol. The van der Waals surface area contributed by atoms with E-state index in [9.17, 15) is 4.79 Å². The molecule has 2 aromatic rings. The van der Waals surface area contributed by atoms with Crippen LogP contribution in [0.25, 0.3) is 0 Å². The number of fused-ring (bicyclic) bond motifs is 1. The molecule has 0 bridgehead atoms. The van der Waals surface area contributed by atoms with Crippen molar-refractivity contribution < 1.29 is 14.3 Å². The summed E-state index contributed by atoms with van der Waals surface area (Å²) in [4.78, 5) is 18.5. The molecule has 4 rings (SSSR count). The number of hydrogen-bond donors (Lipinski definition) is 1. The molecular weight excluding hydrogens is 412 g/mol. The number of carbonyl (C=O) groups excluding carboxylic acids is 1. The van der Waals surface area contributed by atoms with Crippen LogP contribution in [0.15, 0.2) is 46.5 Å². The van der Waals surface area contributed by atoms with Gasteiger partial charge in [0.05, 0.1) is 19.9 Å². The molecule has 0 atom stereocenters. The third-order valence-corrected chi connectivity index (χ3v) is 6.13. The maximum atomic E-state index is 11.4. The topological polar surface area (TPSA) is 75.5 Å². The monoisotopic (exact) mass is 438 g/mol. The number of amides is 1. The number of thioether (sulfide) groups is 1. The van der Waals surface area contributed by atoms with E-state index in [0.717, 1.165) is 47.7 Å². The van der Waals surface area contributed by atoms with Crippen molar-refractivity contribution in [3.05, 3.63) is 53.1 Å². The fourth-order valence-electron chi connectivity index (χ4n) is 3.91. The fourth-order valence-corrected chi connectivity index (χ4v) is 4.52. The smallest absolute Gasteiger partial charge is 0.299 e. The second kappa shape index (κ2) is 9.43. The molecule has 0 saturated heterocycles. The molecular formula is C23H26N4O3S. The van der Waals surface area contributed by atoms with E-state index in [-0.39, 0.29) is 5.24 Å². The Balaban J connectivity index is 1.70. The molecule has 7 nitrogen and oxygen atoms in total. The highest BCUT2D eigenvalue weighted by atomic mass is 32.2. The second-order valence-corrected chi connectivity index (χ2v) is 8.16. The Morgan fingerprint density at radius 2 is 2.03 bits per heavy atom. The number of hydrogen-bond acceptors (Lipinski definition) is 6. The van der Waals surface area contributed by atoms with Crippen molar-refractivity contribution in [2.75, 3.05) is 38.0 Å². The number of rotatable bonds is 5. The molecule has 2 aliphatic rings. The first-order chi connectivity index (χ1) is 15.1. The zero-order valence-corrected chi connectivity index (χ0v) is 18.8. The lowest BCUT2D eigenvalue weighted by molar-refractivity contribution is 0.261. The van der Waals surface area contributed by atoms with Gasteiger partial charge in [-0.1, -0.05) is 17.8 Å². The number of aryl methyl sites for hydroxylation is 1. The van der Waals surface area contributed by atoms with Crippen molar-refractivity contribution in [1.82, 2.24) is 5.43 Å². The summed E-state index contributed by atoms with van der Waals surface area (Å²) >= 11 is 1.24. The van der Waals surface area contributed by atoms with E-state index < -0.39 is 0 Å². The molecule has 2 aliphatic heterocycles. The third-order valence-electron chi connectivity index (χ3n) is 5.36. The van der Waals surface area contributed by atoms with E-state index >= 15 is 0 Å². The van der Waals surface area contributed by atoms with Gasteiger partial charge >= 0.3 is 0 Å². The fraction of sp³-hybridized carbons (Fsp3) is 0.348. The number of nitrogens with one attached hydrogen (secondary N) is 1. The lowest BCUT2D eigenvalue weighted by Gasteiger charge is -2.33. The molecule has 0 unspecified atom stereocenters. The van der Waals surface area contributed by atoms with Gasteiger partial charge in [-0.15, -0.1) is 0 Å². The summed E-state index contributed by atoms with van der Waals surface area (Å²) < 4.78 is 10.9. The molecule has 2 aromatic carbocycles. The molecule has 1 amide bonds. The lowest BCUT2D eigenvalue weighted by Crippen LogP contribution is -2.36. The van der Waals surface area contributed by atoms with Crippen LogP contribution in [-0.4, -0.2) is 49.8 Å². The van der Waals surface area contributed by atoms with E-state index in [4.69, 9.17) is 14.5 Å². The van der Waals surface area contributed by atoms with E-state index in [0.29, 0.717) is 23.8 Å². The number of nitrogens with zero attached hydrogens (tertiary/aromatic N) is 3. The Kier molecular flexibility index (Phi) is 6.46. The summed E-state index contributed by atoms with van der Waals surface area (Å²) in [6.45, 7) is 3.62. The van der Waals surface area contributed by atoms with Crippen molar-refractivity contribution in [3.8, 4) is 11.5 Å². The number of amidine groups is 1. The minimum atomic E-state index is -0.108. The number of benzene rings is 2. The number of ether oxygens (including phenoxy) is 2. The van der Waals surface area contributed by atoms with Crippen LogP contribution in [0.2, 0.25) is 0 Å². The van der Waals surface area contributed by atoms with E-state index in [1.165, 1.54) is 17.3 Å². The van der Waals surface area contributed by atoms with Gasteiger partial charge in [0.15, 0.2) is 11.5 Å². The normalized spacial score (nSPS) is 16.4. The van der Waals surface area contributed by atoms with Crippen LogP contribution in [0.1, 0.15) is 30.0 Å². The molecule has 0 spiro atoms. The van der Waals surface area contributed by atoms with Gasteiger partial charge in [-0.05, 0) is 61.2 Å². The van der Waals surface area contributed by atoms with E-state index in [2.05, 4.69) is 33.6 Å². The Morgan fingerprint density at radius 3 is 2.74 bits per heavy atom. The summed E-state index contributed by atoms with van der Waals surface area (Å²) in [5.74, 6) is 2.90. The first-order valence-corrected chi connectivity index (χ1v) is 11.3. The first-order valence-electron chi connectivity index (χ1n) is 10.3. The lowest BCUT2D eigenvalue weighted by atomic mass is 9.97. The van der Waals surface area contributed by atoms with Crippen molar-refractivity contribution >= 4 is 34.2 Å². The minimum absolute atomic E-state index is 0.108. The molecule has 0 fully saturated rings. The quantitative estimate of drug-likeness (QED) is 0.562. The summed E-state index contributed by atoms with van der Waals surface area (Å²) in [6.07, 6.45) is 2.03. The van der Waals surface area contributed by atoms with Gasteiger partial charge in [-0.2, -0.15) is 5.10 Å². The van der Waals surface area contributed by atoms with Gasteiger partial charge < -0.3 is 14.4 Å². The third kappa shape index (κ3) is 4.39. The Labute approximate surface area is 186 Å². The van der Waals surface area contributed by atoms with E-state index in [1.54, 1.807) is 14.2 Å². The highest BCUT2D eigenvalue weighted by molar-refractivity contribution is 8.14. The van der Waals surface area contributed by atoms with Gasteiger partial charge in [-0.25, -0.2) is 5.43 Å². The molecule has 31 heavy (non-hydrogen) atoms. The van der Waals surface area contributed by atoms with Gasteiger partial charge in [0, 0.05) is 30.1 Å². The zero-order chi connectivity index (χ0) is 21.8. The highest BCUT2D eigenvalue weighted by Crippen LogP contribution is 2.33. The molecule has 162 valence electrons. The predicted octanol–water partition coefficient (Wildman–Crippen LogP) is 4.08. The molecule has 0 aromatic heterocycles.